The van der Waals surface area contributed by atoms with Gasteiger partial charge in [-0.2, -0.15) is 8.97 Å². The van der Waals surface area contributed by atoms with Gasteiger partial charge in [0.25, 0.3) is 5.88 Å². The highest BCUT2D eigenvalue weighted by Crippen LogP contribution is 2.41. The molecule has 36 heavy (non-hydrogen) atoms. The van der Waals surface area contributed by atoms with Crippen molar-refractivity contribution in [2.45, 2.75) is 32.8 Å². The highest BCUT2D eigenvalue weighted by molar-refractivity contribution is 8.09. The molecule has 0 aromatic carbocycles. The first kappa shape index (κ1) is 25.3. The molecule has 0 N–H and O–H groups in total. The molecule has 0 amide bonds. The maximum Gasteiger partial charge on any atom is 0.258 e. The third-order valence-electron chi connectivity index (χ3n) is 5.06. The zero-order valence-corrected chi connectivity index (χ0v) is 21.6. The van der Waals surface area contributed by atoms with Crippen molar-refractivity contribution in [3.8, 4) is 34.8 Å². The van der Waals surface area contributed by atoms with Gasteiger partial charge in [-0.05, 0) is 56.5 Å². The van der Waals surface area contributed by atoms with E-state index in [-0.39, 0.29) is 44.3 Å². The monoisotopic (exact) mass is 529 g/mol. The van der Waals surface area contributed by atoms with Crippen LogP contribution in [-0.2, 0) is 20.0 Å². The first-order chi connectivity index (χ1) is 16.9. The molecule has 1 fully saturated rings. The number of aryl methyl sites for hydroxylation is 2. The molecule has 0 radical (unpaired) electrons. The molecular formula is C23H23N5O6S2. The average molecular weight is 530 g/mol. The van der Waals surface area contributed by atoms with Crippen LogP contribution in [0.2, 0.25) is 0 Å². The van der Waals surface area contributed by atoms with Gasteiger partial charge in [0.1, 0.15) is 17.9 Å². The average Bonchev–Trinajstić information content (AvgIpc) is 3.59. The molecule has 1 saturated carbocycles. The van der Waals surface area contributed by atoms with Crippen molar-refractivity contribution in [1.29, 1.82) is 5.26 Å². The van der Waals surface area contributed by atoms with Crippen LogP contribution in [0.4, 0.5) is 5.69 Å². The minimum absolute atomic E-state index is 0.0110. The van der Waals surface area contributed by atoms with E-state index in [1.807, 2.05) is 6.07 Å². The van der Waals surface area contributed by atoms with Crippen molar-refractivity contribution in [3.63, 3.8) is 0 Å². The van der Waals surface area contributed by atoms with E-state index in [4.69, 9.17) is 9.47 Å². The van der Waals surface area contributed by atoms with Crippen molar-refractivity contribution in [2.75, 3.05) is 16.2 Å². The number of pyridine rings is 3. The lowest BCUT2D eigenvalue weighted by molar-refractivity contribution is 0.274. The molecular weight excluding hydrogens is 506 g/mol. The quantitative estimate of drug-likeness (QED) is 0.425. The van der Waals surface area contributed by atoms with Gasteiger partial charge in [0.2, 0.25) is 25.9 Å². The van der Waals surface area contributed by atoms with Gasteiger partial charge in [-0.1, -0.05) is 0 Å². The predicted molar refractivity (Wildman–Crippen MR) is 132 cm³/mol. The van der Waals surface area contributed by atoms with Gasteiger partial charge >= 0.3 is 0 Å². The third-order valence-corrected chi connectivity index (χ3v) is 8.28. The lowest BCUT2D eigenvalue weighted by atomic mass is 10.1. The summed E-state index contributed by atoms with van der Waals surface area (Å²) in [7, 11) is -8.58. The van der Waals surface area contributed by atoms with Crippen molar-refractivity contribution >= 4 is 25.7 Å². The van der Waals surface area contributed by atoms with Crippen LogP contribution in [0, 0.1) is 25.2 Å². The SMILES string of the molecule is Cc1cc(C)c(Oc2nc(-c3cncc(C#N)c3)ccc2N(S(C)(=O)=O)S(C)(=O)=O)c(OC2CC2)n1. The summed E-state index contributed by atoms with van der Waals surface area (Å²) in [6.07, 6.45) is 6.11. The second-order valence-electron chi connectivity index (χ2n) is 8.45. The van der Waals surface area contributed by atoms with Gasteiger partial charge in [-0.25, -0.2) is 26.8 Å². The zero-order valence-electron chi connectivity index (χ0n) is 20.0. The Labute approximate surface area is 209 Å². The van der Waals surface area contributed by atoms with Crippen LogP contribution in [0.5, 0.6) is 17.5 Å². The first-order valence-corrected chi connectivity index (χ1v) is 14.5. The molecule has 3 heterocycles. The van der Waals surface area contributed by atoms with Crippen LogP contribution in [0.25, 0.3) is 11.3 Å². The Bertz CT molecular complexity index is 1560. The van der Waals surface area contributed by atoms with Crippen LogP contribution in [0.3, 0.4) is 0 Å². The minimum atomic E-state index is -4.29. The van der Waals surface area contributed by atoms with Crippen LogP contribution in [-0.4, -0.2) is 50.4 Å². The van der Waals surface area contributed by atoms with E-state index in [9.17, 15) is 22.1 Å². The van der Waals surface area contributed by atoms with E-state index >= 15 is 0 Å². The number of hydrogen-bond donors (Lipinski definition) is 0. The number of hydrogen-bond acceptors (Lipinski definition) is 10. The van der Waals surface area contributed by atoms with Gasteiger partial charge < -0.3 is 9.47 Å². The smallest absolute Gasteiger partial charge is 0.258 e. The number of sulfonamides is 2. The lowest BCUT2D eigenvalue weighted by Crippen LogP contribution is -2.35. The maximum atomic E-state index is 12.5. The first-order valence-electron chi connectivity index (χ1n) is 10.8. The molecule has 3 aromatic heterocycles. The molecule has 0 atom stereocenters. The number of nitriles is 1. The summed E-state index contributed by atoms with van der Waals surface area (Å²) in [5.74, 6) is 0.0796. The molecule has 0 unspecified atom stereocenters. The third kappa shape index (κ3) is 5.55. The Kier molecular flexibility index (Phi) is 6.59. The van der Waals surface area contributed by atoms with Crippen LogP contribution < -0.4 is 13.2 Å². The molecule has 188 valence electrons. The van der Waals surface area contributed by atoms with Crippen LogP contribution >= 0.6 is 0 Å². The predicted octanol–water partition coefficient (Wildman–Crippen LogP) is 3.09. The Morgan fingerprint density at radius 1 is 1.00 bits per heavy atom. The van der Waals surface area contributed by atoms with Gasteiger partial charge in [-0.3, -0.25) is 4.98 Å². The summed E-state index contributed by atoms with van der Waals surface area (Å²) >= 11 is 0. The van der Waals surface area contributed by atoms with E-state index in [1.165, 1.54) is 24.5 Å². The minimum Gasteiger partial charge on any atom is -0.472 e. The second-order valence-corrected chi connectivity index (χ2v) is 12.3. The highest BCUT2D eigenvalue weighted by Gasteiger charge is 2.33. The van der Waals surface area contributed by atoms with Gasteiger partial charge in [0.15, 0.2) is 5.75 Å². The fourth-order valence-electron chi connectivity index (χ4n) is 3.49. The topological polar surface area (TPSA) is 152 Å². The summed E-state index contributed by atoms with van der Waals surface area (Å²) in [5.41, 5.74) is 2.02. The summed E-state index contributed by atoms with van der Waals surface area (Å²) in [6.45, 7) is 3.56. The van der Waals surface area contributed by atoms with Crippen LogP contribution in [0.15, 0.2) is 36.7 Å². The van der Waals surface area contributed by atoms with E-state index < -0.39 is 20.0 Å². The summed E-state index contributed by atoms with van der Waals surface area (Å²) in [6, 6.07) is 7.99. The molecule has 13 heteroatoms. The number of anilines is 1. The Balaban J connectivity index is 1.93. The molecule has 0 spiro atoms. The lowest BCUT2D eigenvalue weighted by Gasteiger charge is -2.23. The van der Waals surface area contributed by atoms with Crippen molar-refractivity contribution in [1.82, 2.24) is 15.0 Å². The van der Waals surface area contributed by atoms with Crippen LogP contribution in [0.1, 0.15) is 29.7 Å². The number of rotatable bonds is 8. The largest absolute Gasteiger partial charge is 0.472 e. The molecule has 4 rings (SSSR count). The van der Waals surface area contributed by atoms with E-state index in [0.717, 1.165) is 25.4 Å². The standard InChI is InChI=1S/C23H23N5O6S2/c1-14-9-15(2)26-23(33-18-5-6-18)21(14)34-22-20(28(35(3,29)30)36(4,31)32)8-7-19(27-22)17-10-16(11-24)12-25-13-17/h7-10,12-13,18H,5-6H2,1-4H3. The highest BCUT2D eigenvalue weighted by atomic mass is 32.3. The van der Waals surface area contributed by atoms with Gasteiger partial charge in [0, 0.05) is 23.7 Å². The summed E-state index contributed by atoms with van der Waals surface area (Å²) < 4.78 is 62.4. The molecule has 0 aliphatic heterocycles. The summed E-state index contributed by atoms with van der Waals surface area (Å²) in [5, 5.41) is 9.22. The number of ether oxygens (including phenoxy) is 2. The fourth-order valence-corrected chi connectivity index (χ4v) is 6.45. The van der Waals surface area contributed by atoms with Crippen molar-refractivity contribution in [3.05, 3.63) is 53.5 Å². The van der Waals surface area contributed by atoms with Crippen molar-refractivity contribution < 1.29 is 26.3 Å². The number of aromatic nitrogens is 3. The Hall–Kier alpha value is -3.76. The molecule has 0 saturated heterocycles. The van der Waals surface area contributed by atoms with E-state index in [0.29, 0.717) is 16.8 Å². The maximum absolute atomic E-state index is 12.5. The van der Waals surface area contributed by atoms with Gasteiger partial charge in [-0.15, -0.1) is 0 Å². The zero-order chi connectivity index (χ0) is 26.3. The van der Waals surface area contributed by atoms with Gasteiger partial charge in [0.05, 0.1) is 23.8 Å². The van der Waals surface area contributed by atoms with E-state index in [1.54, 1.807) is 26.0 Å². The number of nitrogens with zero attached hydrogens (tertiary/aromatic N) is 5. The molecule has 3 aromatic rings. The molecule has 1 aliphatic rings. The normalized spacial score (nSPS) is 13.6. The Morgan fingerprint density at radius 3 is 2.31 bits per heavy atom. The molecule has 0 bridgehead atoms. The Morgan fingerprint density at radius 2 is 1.69 bits per heavy atom. The second kappa shape index (κ2) is 9.36. The van der Waals surface area contributed by atoms with E-state index in [2.05, 4.69) is 15.0 Å². The fraction of sp³-hybridized carbons (Fsp3) is 0.304. The van der Waals surface area contributed by atoms with Crippen molar-refractivity contribution in [2.24, 2.45) is 0 Å². The summed E-state index contributed by atoms with van der Waals surface area (Å²) in [4.78, 5) is 12.9. The molecule has 11 nitrogen and oxygen atoms in total. The molecule has 1 aliphatic carbocycles.